The number of aromatic nitrogens is 2. The topological polar surface area (TPSA) is 96.0 Å². The lowest BCUT2D eigenvalue weighted by atomic mass is 10.2. The molecule has 0 amide bonds. The summed E-state index contributed by atoms with van der Waals surface area (Å²) < 4.78 is 26.0. The summed E-state index contributed by atoms with van der Waals surface area (Å²) in [6.07, 6.45) is 2.75. The molecule has 2 aromatic carbocycles. The number of sulfonamides is 1. The molecule has 0 aliphatic rings. The lowest BCUT2D eigenvalue weighted by molar-refractivity contribution is 0.607. The third kappa shape index (κ3) is 5.57. The fourth-order valence-corrected chi connectivity index (χ4v) is 3.41. The predicted octanol–water partition coefficient (Wildman–Crippen LogP) is 5.06. The van der Waals surface area contributed by atoms with Gasteiger partial charge in [-0.2, -0.15) is 4.98 Å². The van der Waals surface area contributed by atoms with Gasteiger partial charge in [0.1, 0.15) is 5.82 Å². The molecule has 0 saturated heterocycles. The highest BCUT2D eigenvalue weighted by molar-refractivity contribution is 9.10. The molecule has 0 atom stereocenters. The molecule has 0 unspecified atom stereocenters. The summed E-state index contributed by atoms with van der Waals surface area (Å²) in [5.41, 5.74) is 2.86. The van der Waals surface area contributed by atoms with Crippen LogP contribution in [0.25, 0.3) is 0 Å². The zero-order chi connectivity index (χ0) is 20.3. The lowest BCUT2D eigenvalue weighted by Gasteiger charge is -2.12. The van der Waals surface area contributed by atoms with Gasteiger partial charge in [-0.3, -0.25) is 4.72 Å². The van der Waals surface area contributed by atoms with Crippen LogP contribution in [0.4, 0.5) is 28.8 Å². The first-order valence-electron chi connectivity index (χ1n) is 8.10. The van der Waals surface area contributed by atoms with Crippen molar-refractivity contribution in [2.45, 2.75) is 6.92 Å². The molecule has 146 valence electrons. The SMILES string of the molecule is Cc1cc(Nc2ncc(Br)c(Nc3ccc(Cl)cc3)n2)ccc1NS(C)(=O)=O. The first-order valence-corrected chi connectivity index (χ1v) is 11.2. The van der Waals surface area contributed by atoms with Crippen LogP contribution in [0, 0.1) is 6.92 Å². The lowest BCUT2D eigenvalue weighted by Crippen LogP contribution is -2.10. The van der Waals surface area contributed by atoms with Crippen molar-refractivity contribution in [1.29, 1.82) is 0 Å². The molecule has 3 aromatic rings. The van der Waals surface area contributed by atoms with E-state index >= 15 is 0 Å². The van der Waals surface area contributed by atoms with Crippen LogP contribution >= 0.6 is 27.5 Å². The van der Waals surface area contributed by atoms with Gasteiger partial charge in [0.05, 0.1) is 16.4 Å². The van der Waals surface area contributed by atoms with E-state index in [9.17, 15) is 8.42 Å². The van der Waals surface area contributed by atoms with Gasteiger partial charge < -0.3 is 10.6 Å². The van der Waals surface area contributed by atoms with Gasteiger partial charge in [-0.05, 0) is 70.9 Å². The second kappa shape index (κ2) is 8.34. The van der Waals surface area contributed by atoms with E-state index in [1.165, 1.54) is 0 Å². The van der Waals surface area contributed by atoms with Gasteiger partial charge in [0, 0.05) is 22.6 Å². The smallest absolute Gasteiger partial charge is 0.229 e. The maximum Gasteiger partial charge on any atom is 0.229 e. The number of benzene rings is 2. The molecule has 1 aromatic heterocycles. The number of rotatable bonds is 6. The fourth-order valence-electron chi connectivity index (χ4n) is 2.37. The van der Waals surface area contributed by atoms with Gasteiger partial charge in [0.25, 0.3) is 0 Å². The zero-order valence-electron chi connectivity index (χ0n) is 15.0. The number of nitrogens with zero attached hydrogens (tertiary/aromatic N) is 2. The fraction of sp³-hybridized carbons (Fsp3) is 0.111. The maximum atomic E-state index is 11.4. The number of nitrogens with one attached hydrogen (secondary N) is 3. The summed E-state index contributed by atoms with van der Waals surface area (Å²) in [6.45, 7) is 1.81. The van der Waals surface area contributed by atoms with E-state index in [1.54, 1.807) is 30.5 Å². The molecule has 0 fully saturated rings. The molecule has 28 heavy (non-hydrogen) atoms. The predicted molar refractivity (Wildman–Crippen MR) is 117 cm³/mol. The number of hydrogen-bond donors (Lipinski definition) is 3. The van der Waals surface area contributed by atoms with Crippen molar-refractivity contribution in [3.8, 4) is 0 Å². The van der Waals surface area contributed by atoms with E-state index in [0.29, 0.717) is 26.9 Å². The Kier molecular flexibility index (Phi) is 6.07. The molecule has 3 N–H and O–H groups in total. The number of aryl methyl sites for hydroxylation is 1. The molecular formula is C18H17BrClN5O2S. The van der Waals surface area contributed by atoms with Crippen molar-refractivity contribution in [2.75, 3.05) is 21.6 Å². The maximum absolute atomic E-state index is 11.4. The summed E-state index contributed by atoms with van der Waals surface area (Å²) in [7, 11) is -3.33. The van der Waals surface area contributed by atoms with Crippen LogP contribution in [0.5, 0.6) is 0 Å². The van der Waals surface area contributed by atoms with Crippen LogP contribution in [0.3, 0.4) is 0 Å². The van der Waals surface area contributed by atoms with Gasteiger partial charge in [0.15, 0.2) is 0 Å². The van der Waals surface area contributed by atoms with Crippen molar-refractivity contribution < 1.29 is 8.42 Å². The van der Waals surface area contributed by atoms with Gasteiger partial charge in [-0.15, -0.1) is 0 Å². The Morgan fingerprint density at radius 3 is 2.36 bits per heavy atom. The summed E-state index contributed by atoms with van der Waals surface area (Å²) in [5.74, 6) is 0.981. The van der Waals surface area contributed by atoms with Crippen molar-refractivity contribution in [2.24, 2.45) is 0 Å². The minimum atomic E-state index is -3.33. The van der Waals surface area contributed by atoms with Crippen LogP contribution in [0.2, 0.25) is 5.02 Å². The Morgan fingerprint density at radius 1 is 1.04 bits per heavy atom. The Labute approximate surface area is 176 Å². The normalized spacial score (nSPS) is 11.1. The Morgan fingerprint density at radius 2 is 1.71 bits per heavy atom. The highest BCUT2D eigenvalue weighted by atomic mass is 79.9. The van der Waals surface area contributed by atoms with Gasteiger partial charge >= 0.3 is 0 Å². The van der Waals surface area contributed by atoms with Crippen molar-refractivity contribution in [3.05, 3.63) is 63.7 Å². The standard InChI is InChI=1S/C18H17BrClN5O2S/c1-11-9-14(7-8-16(11)25-28(2,26)27)23-18-21-10-15(19)17(24-18)22-13-5-3-12(20)4-6-13/h3-10,25H,1-2H3,(H2,21,22,23,24). The molecular weight excluding hydrogens is 466 g/mol. The zero-order valence-corrected chi connectivity index (χ0v) is 18.2. The summed E-state index contributed by atoms with van der Waals surface area (Å²) in [6, 6.07) is 12.5. The third-order valence-electron chi connectivity index (χ3n) is 3.63. The highest BCUT2D eigenvalue weighted by Crippen LogP contribution is 2.27. The average molecular weight is 483 g/mol. The molecule has 1 heterocycles. The second-order valence-electron chi connectivity index (χ2n) is 6.05. The van der Waals surface area contributed by atoms with E-state index in [0.717, 1.165) is 23.2 Å². The highest BCUT2D eigenvalue weighted by Gasteiger charge is 2.09. The first-order chi connectivity index (χ1) is 13.2. The minimum absolute atomic E-state index is 0.392. The number of hydrogen-bond acceptors (Lipinski definition) is 6. The van der Waals surface area contributed by atoms with E-state index < -0.39 is 10.0 Å². The van der Waals surface area contributed by atoms with E-state index in [-0.39, 0.29) is 0 Å². The van der Waals surface area contributed by atoms with E-state index in [2.05, 4.69) is 41.3 Å². The molecule has 0 aliphatic heterocycles. The van der Waals surface area contributed by atoms with Crippen molar-refractivity contribution >= 4 is 66.4 Å². The van der Waals surface area contributed by atoms with Gasteiger partial charge in [-0.1, -0.05) is 11.6 Å². The monoisotopic (exact) mass is 481 g/mol. The van der Waals surface area contributed by atoms with E-state index in [1.807, 2.05) is 25.1 Å². The number of halogens is 2. The van der Waals surface area contributed by atoms with Gasteiger partial charge in [-0.25, -0.2) is 13.4 Å². The Hall–Kier alpha value is -2.36. The molecule has 10 heteroatoms. The van der Waals surface area contributed by atoms with Crippen molar-refractivity contribution in [3.63, 3.8) is 0 Å². The average Bonchev–Trinajstić information content (AvgIpc) is 2.61. The molecule has 0 saturated carbocycles. The molecule has 7 nitrogen and oxygen atoms in total. The van der Waals surface area contributed by atoms with Crippen LogP contribution in [0.1, 0.15) is 5.56 Å². The largest absolute Gasteiger partial charge is 0.339 e. The summed E-state index contributed by atoms with van der Waals surface area (Å²) in [5, 5.41) is 6.97. The van der Waals surface area contributed by atoms with Crippen LogP contribution in [-0.2, 0) is 10.0 Å². The number of anilines is 5. The minimum Gasteiger partial charge on any atom is -0.339 e. The van der Waals surface area contributed by atoms with Crippen molar-refractivity contribution in [1.82, 2.24) is 9.97 Å². The second-order valence-corrected chi connectivity index (χ2v) is 9.09. The molecule has 3 rings (SSSR count). The summed E-state index contributed by atoms with van der Waals surface area (Å²) >= 11 is 9.34. The third-order valence-corrected chi connectivity index (χ3v) is 5.05. The molecule has 0 bridgehead atoms. The van der Waals surface area contributed by atoms with Gasteiger partial charge in [0.2, 0.25) is 16.0 Å². The molecule has 0 radical (unpaired) electrons. The first kappa shape index (κ1) is 20.4. The summed E-state index contributed by atoms with van der Waals surface area (Å²) in [4.78, 5) is 8.73. The molecule has 0 aliphatic carbocycles. The quantitative estimate of drug-likeness (QED) is 0.454. The van der Waals surface area contributed by atoms with E-state index in [4.69, 9.17) is 11.6 Å². The Bertz CT molecular complexity index is 1110. The van der Waals surface area contributed by atoms with Crippen LogP contribution in [0.15, 0.2) is 53.1 Å². The molecule has 0 spiro atoms. The van der Waals surface area contributed by atoms with Crippen LogP contribution < -0.4 is 15.4 Å². The van der Waals surface area contributed by atoms with Crippen LogP contribution in [-0.4, -0.2) is 24.6 Å². The Balaban J connectivity index is 1.79.